The molecule has 0 aliphatic rings. The number of carbonyl (C=O) groups excluding carboxylic acids is 1. The highest BCUT2D eigenvalue weighted by molar-refractivity contribution is 7.13. The average Bonchev–Trinajstić information content (AvgIpc) is 3.25. The second-order valence-corrected chi connectivity index (χ2v) is 6.75. The lowest BCUT2D eigenvalue weighted by Gasteiger charge is -2.11. The quantitative estimate of drug-likeness (QED) is 0.720. The Bertz CT molecular complexity index is 791. The third kappa shape index (κ3) is 4.11. The van der Waals surface area contributed by atoms with Gasteiger partial charge in [0.1, 0.15) is 16.5 Å². The van der Waals surface area contributed by atoms with Crippen molar-refractivity contribution >= 4 is 17.2 Å². The van der Waals surface area contributed by atoms with E-state index >= 15 is 0 Å². The molecule has 1 atom stereocenters. The lowest BCUT2D eigenvalue weighted by atomic mass is 10.1. The molecule has 0 saturated heterocycles. The van der Waals surface area contributed by atoms with Gasteiger partial charge in [-0.2, -0.15) is 0 Å². The van der Waals surface area contributed by atoms with E-state index in [2.05, 4.69) is 17.2 Å². The van der Waals surface area contributed by atoms with Gasteiger partial charge in [0.2, 0.25) is 0 Å². The second kappa shape index (κ2) is 7.45. The first-order valence-corrected chi connectivity index (χ1v) is 8.85. The number of furan rings is 1. The van der Waals surface area contributed by atoms with Crippen molar-refractivity contribution in [1.82, 2.24) is 10.3 Å². The fourth-order valence-corrected chi connectivity index (χ4v) is 3.20. The number of rotatable bonds is 6. The van der Waals surface area contributed by atoms with E-state index in [0.29, 0.717) is 5.69 Å². The SMILES string of the molecule is Cc1ccc(-c2nc(C(=O)NC(C)CCc3ccco3)cs2)cc1. The first-order valence-electron chi connectivity index (χ1n) is 7.97. The zero-order valence-corrected chi connectivity index (χ0v) is 14.6. The van der Waals surface area contributed by atoms with Crippen LogP contribution >= 0.6 is 11.3 Å². The molecular formula is C19H20N2O2S. The van der Waals surface area contributed by atoms with Crippen LogP contribution in [-0.2, 0) is 6.42 Å². The molecule has 0 spiro atoms. The summed E-state index contributed by atoms with van der Waals surface area (Å²) in [6.07, 6.45) is 3.30. The summed E-state index contributed by atoms with van der Waals surface area (Å²) in [6.45, 7) is 4.04. The summed E-state index contributed by atoms with van der Waals surface area (Å²) in [6, 6.07) is 12.0. The summed E-state index contributed by atoms with van der Waals surface area (Å²) in [7, 11) is 0. The van der Waals surface area contributed by atoms with Crippen molar-refractivity contribution in [3.8, 4) is 10.6 Å². The molecule has 2 aromatic heterocycles. The van der Waals surface area contributed by atoms with Crippen LogP contribution in [0.15, 0.2) is 52.5 Å². The minimum absolute atomic E-state index is 0.0622. The molecule has 3 rings (SSSR count). The standard InChI is InChI=1S/C19H20N2O2S/c1-13-5-8-15(9-6-13)19-21-17(12-24-19)18(22)20-14(2)7-10-16-4-3-11-23-16/h3-6,8-9,11-12,14H,7,10H2,1-2H3,(H,20,22). The number of aryl methyl sites for hydroxylation is 2. The molecule has 5 heteroatoms. The lowest BCUT2D eigenvalue weighted by molar-refractivity contribution is 0.0934. The van der Waals surface area contributed by atoms with Gasteiger partial charge in [-0.3, -0.25) is 4.79 Å². The van der Waals surface area contributed by atoms with Crippen LogP contribution in [0.25, 0.3) is 10.6 Å². The van der Waals surface area contributed by atoms with Crippen LogP contribution in [0, 0.1) is 6.92 Å². The molecule has 0 fully saturated rings. The molecule has 1 aromatic carbocycles. The lowest BCUT2D eigenvalue weighted by Crippen LogP contribution is -2.33. The van der Waals surface area contributed by atoms with Crippen LogP contribution in [0.3, 0.4) is 0 Å². The molecule has 0 saturated carbocycles. The monoisotopic (exact) mass is 340 g/mol. The highest BCUT2D eigenvalue weighted by Crippen LogP contribution is 2.24. The number of thiazole rings is 1. The minimum Gasteiger partial charge on any atom is -0.469 e. The fourth-order valence-electron chi connectivity index (χ4n) is 2.39. The Morgan fingerprint density at radius 2 is 2.08 bits per heavy atom. The number of hydrogen-bond donors (Lipinski definition) is 1. The Balaban J connectivity index is 1.58. The number of nitrogens with zero attached hydrogens (tertiary/aromatic N) is 1. The summed E-state index contributed by atoms with van der Waals surface area (Å²) in [4.78, 5) is 16.8. The van der Waals surface area contributed by atoms with Gasteiger partial charge in [0.25, 0.3) is 5.91 Å². The highest BCUT2D eigenvalue weighted by atomic mass is 32.1. The van der Waals surface area contributed by atoms with E-state index in [1.165, 1.54) is 16.9 Å². The number of nitrogens with one attached hydrogen (secondary N) is 1. The van der Waals surface area contributed by atoms with Gasteiger partial charge >= 0.3 is 0 Å². The predicted molar refractivity (Wildman–Crippen MR) is 96.2 cm³/mol. The van der Waals surface area contributed by atoms with Gasteiger partial charge in [0.15, 0.2) is 0 Å². The molecule has 124 valence electrons. The molecule has 0 radical (unpaired) electrons. The molecule has 1 amide bonds. The Morgan fingerprint density at radius 1 is 1.29 bits per heavy atom. The average molecular weight is 340 g/mol. The van der Waals surface area contributed by atoms with E-state index in [1.807, 2.05) is 48.7 Å². The molecule has 2 heterocycles. The van der Waals surface area contributed by atoms with Gasteiger partial charge < -0.3 is 9.73 Å². The highest BCUT2D eigenvalue weighted by Gasteiger charge is 2.14. The summed E-state index contributed by atoms with van der Waals surface area (Å²) in [5, 5.41) is 5.67. The smallest absolute Gasteiger partial charge is 0.270 e. The first kappa shape index (κ1) is 16.5. The van der Waals surface area contributed by atoms with E-state index < -0.39 is 0 Å². The van der Waals surface area contributed by atoms with E-state index in [0.717, 1.165) is 29.2 Å². The molecule has 0 bridgehead atoms. The van der Waals surface area contributed by atoms with Gasteiger partial charge in [-0.15, -0.1) is 11.3 Å². The number of hydrogen-bond acceptors (Lipinski definition) is 4. The van der Waals surface area contributed by atoms with Crippen molar-refractivity contribution in [2.45, 2.75) is 32.7 Å². The molecule has 0 aliphatic carbocycles. The van der Waals surface area contributed by atoms with Crippen molar-refractivity contribution in [2.75, 3.05) is 0 Å². The van der Waals surface area contributed by atoms with Crippen molar-refractivity contribution in [3.63, 3.8) is 0 Å². The zero-order chi connectivity index (χ0) is 16.9. The Morgan fingerprint density at radius 3 is 2.79 bits per heavy atom. The van der Waals surface area contributed by atoms with Crippen LogP contribution in [0.2, 0.25) is 0 Å². The number of aromatic nitrogens is 1. The van der Waals surface area contributed by atoms with Crippen LogP contribution < -0.4 is 5.32 Å². The number of amides is 1. The number of carbonyl (C=O) groups is 1. The topological polar surface area (TPSA) is 55.1 Å². The predicted octanol–water partition coefficient (Wildman–Crippen LogP) is 4.46. The fraction of sp³-hybridized carbons (Fsp3) is 0.263. The molecule has 4 nitrogen and oxygen atoms in total. The van der Waals surface area contributed by atoms with Gasteiger partial charge in [-0.25, -0.2) is 4.98 Å². The van der Waals surface area contributed by atoms with E-state index in [1.54, 1.807) is 6.26 Å². The largest absolute Gasteiger partial charge is 0.469 e. The van der Waals surface area contributed by atoms with Crippen molar-refractivity contribution < 1.29 is 9.21 Å². The van der Waals surface area contributed by atoms with Crippen LogP contribution in [0.4, 0.5) is 0 Å². The van der Waals surface area contributed by atoms with E-state index in [9.17, 15) is 4.79 Å². The maximum atomic E-state index is 12.3. The second-order valence-electron chi connectivity index (χ2n) is 5.90. The van der Waals surface area contributed by atoms with E-state index in [-0.39, 0.29) is 11.9 Å². The van der Waals surface area contributed by atoms with E-state index in [4.69, 9.17) is 4.42 Å². The van der Waals surface area contributed by atoms with Gasteiger partial charge in [-0.1, -0.05) is 29.8 Å². The molecule has 3 aromatic rings. The molecule has 1 N–H and O–H groups in total. The summed E-state index contributed by atoms with van der Waals surface area (Å²) in [5.74, 6) is 0.808. The molecule has 0 aliphatic heterocycles. The normalized spacial score (nSPS) is 12.1. The summed E-state index contributed by atoms with van der Waals surface area (Å²) < 4.78 is 5.31. The maximum absolute atomic E-state index is 12.3. The Kier molecular flexibility index (Phi) is 5.11. The van der Waals surface area contributed by atoms with Gasteiger partial charge in [0.05, 0.1) is 6.26 Å². The Labute approximate surface area is 145 Å². The summed E-state index contributed by atoms with van der Waals surface area (Å²) >= 11 is 1.49. The van der Waals surface area contributed by atoms with Crippen molar-refractivity contribution in [3.05, 3.63) is 65.1 Å². The molecular weight excluding hydrogens is 320 g/mol. The summed E-state index contributed by atoms with van der Waals surface area (Å²) in [5.41, 5.74) is 2.72. The van der Waals surface area contributed by atoms with Gasteiger partial charge in [0, 0.05) is 23.4 Å². The molecule has 1 unspecified atom stereocenters. The minimum atomic E-state index is -0.128. The third-order valence-corrected chi connectivity index (χ3v) is 4.71. The van der Waals surface area contributed by atoms with Crippen LogP contribution in [0.5, 0.6) is 0 Å². The zero-order valence-electron chi connectivity index (χ0n) is 13.8. The van der Waals surface area contributed by atoms with Crippen molar-refractivity contribution in [1.29, 1.82) is 0 Å². The maximum Gasteiger partial charge on any atom is 0.270 e. The van der Waals surface area contributed by atoms with Crippen LogP contribution in [0.1, 0.15) is 35.2 Å². The third-order valence-electron chi connectivity index (χ3n) is 3.82. The Hall–Kier alpha value is -2.40. The van der Waals surface area contributed by atoms with Crippen LogP contribution in [-0.4, -0.2) is 16.9 Å². The molecule has 24 heavy (non-hydrogen) atoms. The number of benzene rings is 1. The van der Waals surface area contributed by atoms with Crippen molar-refractivity contribution in [2.24, 2.45) is 0 Å². The first-order chi connectivity index (χ1) is 11.6. The van der Waals surface area contributed by atoms with Gasteiger partial charge in [-0.05, 0) is 32.4 Å².